The van der Waals surface area contributed by atoms with E-state index in [1.807, 2.05) is 26.0 Å². The van der Waals surface area contributed by atoms with E-state index < -0.39 is 24.0 Å². The number of anilines is 1. The molecule has 1 fully saturated rings. The van der Waals surface area contributed by atoms with Crippen molar-refractivity contribution < 1.29 is 37.6 Å². The van der Waals surface area contributed by atoms with E-state index in [2.05, 4.69) is 20.4 Å². The Morgan fingerprint density at radius 1 is 1.11 bits per heavy atom. The SMILES string of the molecule is CC(C)[C@H](O)NC(c1cnc(NC(=O)C2(c3ccc4c(c3)OCO4)CC2)s1)c1cccc2c1OC(F)(F)O2. The van der Waals surface area contributed by atoms with Crippen molar-refractivity contribution >= 4 is 22.4 Å². The highest BCUT2D eigenvalue weighted by Gasteiger charge is 2.52. The summed E-state index contributed by atoms with van der Waals surface area (Å²) >= 11 is 1.18. The molecular formula is C26H25F2N3O6S. The number of para-hydroxylation sites is 1. The average molecular weight is 546 g/mol. The highest BCUT2D eigenvalue weighted by molar-refractivity contribution is 7.15. The topological polar surface area (TPSA) is 111 Å². The van der Waals surface area contributed by atoms with Crippen LogP contribution in [0.4, 0.5) is 13.9 Å². The third-order valence-electron chi connectivity index (χ3n) is 6.88. The second-order valence-corrected chi connectivity index (χ2v) is 10.9. The molecule has 1 aromatic heterocycles. The molecule has 9 nitrogen and oxygen atoms in total. The monoisotopic (exact) mass is 545 g/mol. The summed E-state index contributed by atoms with van der Waals surface area (Å²) in [6.07, 6.45) is -1.84. The van der Waals surface area contributed by atoms with Gasteiger partial charge in [-0.1, -0.05) is 43.4 Å². The number of hydrogen-bond donors (Lipinski definition) is 3. The Kier molecular flexibility index (Phi) is 5.93. The number of carbonyl (C=O) groups excluding carboxylic acids is 1. The predicted molar refractivity (Wildman–Crippen MR) is 133 cm³/mol. The van der Waals surface area contributed by atoms with Crippen LogP contribution in [0.25, 0.3) is 0 Å². The largest absolute Gasteiger partial charge is 0.586 e. The number of alkyl halides is 2. The molecule has 1 saturated carbocycles. The van der Waals surface area contributed by atoms with Crippen LogP contribution < -0.4 is 29.6 Å². The van der Waals surface area contributed by atoms with E-state index in [0.717, 1.165) is 5.56 Å². The Morgan fingerprint density at radius 2 is 1.89 bits per heavy atom. The van der Waals surface area contributed by atoms with Crippen LogP contribution in [-0.4, -0.2) is 35.3 Å². The third-order valence-corrected chi connectivity index (χ3v) is 7.85. The summed E-state index contributed by atoms with van der Waals surface area (Å²) in [7, 11) is 0. The summed E-state index contributed by atoms with van der Waals surface area (Å²) in [5, 5.41) is 16.9. The van der Waals surface area contributed by atoms with Crippen molar-refractivity contribution in [2.24, 2.45) is 5.92 Å². The highest BCUT2D eigenvalue weighted by Crippen LogP contribution is 2.51. The minimum absolute atomic E-state index is 0.101. The van der Waals surface area contributed by atoms with Crippen LogP contribution in [0.5, 0.6) is 23.0 Å². The Labute approximate surface area is 220 Å². The molecule has 12 heteroatoms. The Balaban J connectivity index is 1.26. The van der Waals surface area contributed by atoms with Gasteiger partial charge in [-0.25, -0.2) is 4.98 Å². The van der Waals surface area contributed by atoms with Crippen LogP contribution in [-0.2, 0) is 10.2 Å². The van der Waals surface area contributed by atoms with Gasteiger partial charge < -0.3 is 29.4 Å². The van der Waals surface area contributed by atoms with Gasteiger partial charge in [-0.05, 0) is 42.5 Å². The van der Waals surface area contributed by atoms with Gasteiger partial charge in [0.05, 0.1) is 11.5 Å². The molecule has 1 unspecified atom stereocenters. The number of carbonyl (C=O) groups is 1. The van der Waals surface area contributed by atoms with Gasteiger partial charge in [-0.3, -0.25) is 10.1 Å². The quantitative estimate of drug-likeness (QED) is 0.355. The summed E-state index contributed by atoms with van der Waals surface area (Å²) < 4.78 is 48.0. The zero-order valence-electron chi connectivity index (χ0n) is 20.5. The number of nitrogens with one attached hydrogen (secondary N) is 2. The molecule has 2 atom stereocenters. The van der Waals surface area contributed by atoms with Gasteiger partial charge in [0.2, 0.25) is 12.7 Å². The number of thiazole rings is 1. The molecule has 6 rings (SSSR count). The zero-order valence-corrected chi connectivity index (χ0v) is 21.3. The predicted octanol–water partition coefficient (Wildman–Crippen LogP) is 4.52. The molecule has 1 aliphatic carbocycles. The van der Waals surface area contributed by atoms with Crippen LogP contribution in [0, 0.1) is 5.92 Å². The van der Waals surface area contributed by atoms with Crippen LogP contribution >= 0.6 is 11.3 Å². The Morgan fingerprint density at radius 3 is 2.66 bits per heavy atom. The number of aliphatic hydroxyl groups is 1. The molecular weight excluding hydrogens is 520 g/mol. The lowest BCUT2D eigenvalue weighted by Gasteiger charge is -2.25. The minimum atomic E-state index is -3.79. The number of amides is 1. The number of rotatable bonds is 8. The lowest BCUT2D eigenvalue weighted by molar-refractivity contribution is -0.287. The van der Waals surface area contributed by atoms with E-state index in [4.69, 9.17) is 14.2 Å². The number of ether oxygens (including phenoxy) is 4. The molecule has 3 aliphatic rings. The van der Waals surface area contributed by atoms with Gasteiger partial charge in [0.25, 0.3) is 0 Å². The van der Waals surface area contributed by atoms with E-state index >= 15 is 0 Å². The standard InChI is InChI=1S/C26H25F2N3O6S/c1-13(2)22(32)30-20(15-4-3-5-17-21(15)37-26(27,28)36-17)19-11-29-24(38-19)31-23(33)25(8-9-25)14-6-7-16-18(10-14)35-12-34-16/h3-7,10-11,13,20,22,30,32H,8-9,12H2,1-2H3,(H,29,31,33)/t20?,22-/m0/s1. The second-order valence-electron chi connectivity index (χ2n) is 9.80. The van der Waals surface area contributed by atoms with Crippen molar-refractivity contribution in [1.82, 2.24) is 10.3 Å². The van der Waals surface area contributed by atoms with Gasteiger partial charge in [-0.2, -0.15) is 0 Å². The maximum Gasteiger partial charge on any atom is 0.586 e. The number of fused-ring (bicyclic) bond motifs is 2. The molecule has 200 valence electrons. The average Bonchev–Trinajstić information content (AvgIpc) is 3.18. The molecule has 0 bridgehead atoms. The summed E-state index contributed by atoms with van der Waals surface area (Å²) in [5.74, 6) is 0.678. The van der Waals surface area contributed by atoms with Crippen LogP contribution in [0.3, 0.4) is 0 Å². The first-order chi connectivity index (χ1) is 18.1. The summed E-state index contributed by atoms with van der Waals surface area (Å²) in [6.45, 7) is 3.79. The maximum atomic E-state index is 13.9. The van der Waals surface area contributed by atoms with Crippen molar-refractivity contribution in [3.8, 4) is 23.0 Å². The first-order valence-corrected chi connectivity index (χ1v) is 13.0. The van der Waals surface area contributed by atoms with Gasteiger partial charge in [0.15, 0.2) is 28.1 Å². The van der Waals surface area contributed by atoms with Gasteiger partial charge in [0.1, 0.15) is 6.23 Å². The molecule has 3 heterocycles. The van der Waals surface area contributed by atoms with Gasteiger partial charge >= 0.3 is 6.29 Å². The molecule has 1 amide bonds. The maximum absolute atomic E-state index is 13.9. The molecule has 3 N–H and O–H groups in total. The second kappa shape index (κ2) is 9.07. The van der Waals surface area contributed by atoms with E-state index in [1.165, 1.54) is 17.4 Å². The van der Waals surface area contributed by atoms with Crippen molar-refractivity contribution in [2.75, 3.05) is 12.1 Å². The number of nitrogens with zero attached hydrogens (tertiary/aromatic N) is 1. The zero-order chi connectivity index (χ0) is 26.7. The lowest BCUT2D eigenvalue weighted by atomic mass is 9.94. The highest BCUT2D eigenvalue weighted by atomic mass is 32.1. The minimum Gasteiger partial charge on any atom is -0.454 e. The summed E-state index contributed by atoms with van der Waals surface area (Å²) in [5.41, 5.74) is 0.503. The van der Waals surface area contributed by atoms with E-state index in [0.29, 0.717) is 39.9 Å². The van der Waals surface area contributed by atoms with Gasteiger partial charge in [0, 0.05) is 16.6 Å². The van der Waals surface area contributed by atoms with Crippen molar-refractivity contribution in [3.05, 3.63) is 58.6 Å². The van der Waals surface area contributed by atoms with Crippen molar-refractivity contribution in [1.29, 1.82) is 0 Å². The van der Waals surface area contributed by atoms with Crippen LogP contribution in [0.1, 0.15) is 48.7 Å². The first kappa shape index (κ1) is 24.8. The fraction of sp³-hybridized carbons (Fsp3) is 0.385. The number of benzene rings is 2. The Hall–Kier alpha value is -3.48. The normalized spacial score (nSPS) is 19.3. The lowest BCUT2D eigenvalue weighted by Crippen LogP contribution is -2.37. The number of aromatic nitrogens is 1. The molecule has 2 aliphatic heterocycles. The molecule has 0 saturated heterocycles. The van der Waals surface area contributed by atoms with Gasteiger partial charge in [-0.15, -0.1) is 8.78 Å². The molecule has 2 aromatic carbocycles. The molecule has 38 heavy (non-hydrogen) atoms. The third kappa shape index (κ3) is 4.42. The molecule has 0 radical (unpaired) electrons. The fourth-order valence-electron chi connectivity index (χ4n) is 4.57. The fourth-order valence-corrected chi connectivity index (χ4v) is 5.46. The van der Waals surface area contributed by atoms with E-state index in [-0.39, 0.29) is 30.1 Å². The summed E-state index contributed by atoms with van der Waals surface area (Å²) in [4.78, 5) is 18.3. The van der Waals surface area contributed by atoms with E-state index in [1.54, 1.807) is 24.4 Å². The Bertz CT molecular complexity index is 1390. The van der Waals surface area contributed by atoms with Crippen LogP contribution in [0.15, 0.2) is 42.6 Å². The smallest absolute Gasteiger partial charge is 0.454 e. The number of hydrogen-bond acceptors (Lipinski definition) is 9. The van der Waals surface area contributed by atoms with Crippen molar-refractivity contribution in [2.45, 2.75) is 50.7 Å². The first-order valence-electron chi connectivity index (χ1n) is 12.2. The van der Waals surface area contributed by atoms with Crippen molar-refractivity contribution in [3.63, 3.8) is 0 Å². The molecule has 0 spiro atoms. The molecule has 3 aromatic rings. The number of aliphatic hydroxyl groups excluding tert-OH is 1. The number of halogens is 2. The van der Waals surface area contributed by atoms with E-state index in [9.17, 15) is 18.7 Å². The summed E-state index contributed by atoms with van der Waals surface area (Å²) in [6, 6.07) is 9.33. The van der Waals surface area contributed by atoms with Crippen LogP contribution in [0.2, 0.25) is 0 Å².